The highest BCUT2D eigenvalue weighted by Gasteiger charge is 2.14. The molecular weight excluding hydrogens is 235 g/mol. The highest BCUT2D eigenvalue weighted by Crippen LogP contribution is 2.18. The number of para-hydroxylation sites is 1. The molecule has 92 valence electrons. The molecule has 0 amide bonds. The van der Waals surface area contributed by atoms with Crippen molar-refractivity contribution in [2.45, 2.75) is 38.1 Å². The number of benzene rings is 1. The highest BCUT2D eigenvalue weighted by molar-refractivity contribution is 7.80. The van der Waals surface area contributed by atoms with Crippen molar-refractivity contribution in [2.75, 3.05) is 5.32 Å². The van der Waals surface area contributed by atoms with Crippen LogP contribution in [-0.4, -0.2) is 11.2 Å². The van der Waals surface area contributed by atoms with Crippen molar-refractivity contribution in [3.05, 3.63) is 30.1 Å². The molecule has 1 aliphatic rings. The van der Waals surface area contributed by atoms with Gasteiger partial charge in [0.15, 0.2) is 5.11 Å². The van der Waals surface area contributed by atoms with Gasteiger partial charge in [-0.3, -0.25) is 0 Å². The summed E-state index contributed by atoms with van der Waals surface area (Å²) in [4.78, 5) is 0. The molecule has 2 rings (SSSR count). The van der Waals surface area contributed by atoms with E-state index in [1.165, 1.54) is 25.3 Å². The lowest BCUT2D eigenvalue weighted by Crippen LogP contribution is -2.38. The Kier molecular flexibility index (Phi) is 4.31. The van der Waals surface area contributed by atoms with Crippen molar-refractivity contribution >= 4 is 23.0 Å². The van der Waals surface area contributed by atoms with Crippen LogP contribution in [-0.2, 0) is 0 Å². The number of nitrogens with one attached hydrogen (secondary N) is 2. The lowest BCUT2D eigenvalue weighted by molar-refractivity contribution is 0.414. The van der Waals surface area contributed by atoms with Crippen molar-refractivity contribution in [3.8, 4) is 0 Å². The Hall–Kier alpha value is -1.16. The van der Waals surface area contributed by atoms with Crippen molar-refractivity contribution in [3.63, 3.8) is 0 Å². The third-order valence-corrected chi connectivity index (χ3v) is 3.28. The molecule has 0 spiro atoms. The molecule has 1 aromatic carbocycles. The van der Waals surface area contributed by atoms with Crippen LogP contribution in [0.5, 0.6) is 0 Å². The zero-order valence-corrected chi connectivity index (χ0v) is 10.5. The normalized spacial score (nSPS) is 16.5. The summed E-state index contributed by atoms with van der Waals surface area (Å²) in [6, 6.07) is 7.00. The summed E-state index contributed by atoms with van der Waals surface area (Å²) in [6.07, 6.45) is 6.11. The summed E-state index contributed by atoms with van der Waals surface area (Å²) >= 11 is 5.19. The monoisotopic (exact) mass is 252 g/mol. The summed E-state index contributed by atoms with van der Waals surface area (Å²) in [7, 11) is 0. The smallest absolute Gasteiger partial charge is 0.171 e. The zero-order valence-electron chi connectivity index (χ0n) is 9.71. The van der Waals surface area contributed by atoms with Gasteiger partial charge in [-0.2, -0.15) is 0 Å². The van der Waals surface area contributed by atoms with Gasteiger partial charge in [-0.15, -0.1) is 0 Å². The van der Waals surface area contributed by atoms with Gasteiger partial charge in [0.1, 0.15) is 5.82 Å². The average molecular weight is 252 g/mol. The standard InChI is InChI=1S/C13H17FN2S/c14-11-8-4-5-9-12(11)16-13(17)15-10-6-2-1-3-7-10/h4-5,8-10H,1-3,6-7H2,(H2,15,16,17). The van der Waals surface area contributed by atoms with E-state index in [4.69, 9.17) is 12.2 Å². The topological polar surface area (TPSA) is 24.1 Å². The fraction of sp³-hybridized carbons (Fsp3) is 0.462. The van der Waals surface area contributed by atoms with Crippen LogP contribution in [0.25, 0.3) is 0 Å². The highest BCUT2D eigenvalue weighted by atomic mass is 32.1. The molecule has 0 heterocycles. The SMILES string of the molecule is Fc1ccccc1NC(=S)NC1CCCCC1. The van der Waals surface area contributed by atoms with Gasteiger partial charge in [0.2, 0.25) is 0 Å². The Bertz CT molecular complexity index is 389. The molecule has 0 radical (unpaired) electrons. The van der Waals surface area contributed by atoms with Crippen LogP contribution in [0.2, 0.25) is 0 Å². The van der Waals surface area contributed by atoms with Gasteiger partial charge in [0.25, 0.3) is 0 Å². The van der Waals surface area contributed by atoms with E-state index in [1.807, 2.05) is 0 Å². The molecule has 1 aliphatic carbocycles. The zero-order chi connectivity index (χ0) is 12.1. The third kappa shape index (κ3) is 3.66. The Labute approximate surface area is 107 Å². The molecule has 0 bridgehead atoms. The lowest BCUT2D eigenvalue weighted by Gasteiger charge is -2.24. The number of rotatable bonds is 2. The predicted octanol–water partition coefficient (Wildman–Crippen LogP) is 3.44. The molecule has 0 unspecified atom stereocenters. The minimum atomic E-state index is -0.278. The summed E-state index contributed by atoms with van der Waals surface area (Å²) in [5, 5.41) is 6.67. The molecule has 0 saturated heterocycles. The minimum Gasteiger partial charge on any atom is -0.360 e. The first-order valence-electron chi connectivity index (χ1n) is 6.08. The first-order chi connectivity index (χ1) is 8.25. The molecule has 1 aromatic rings. The maximum Gasteiger partial charge on any atom is 0.171 e. The van der Waals surface area contributed by atoms with Gasteiger partial charge in [-0.1, -0.05) is 31.4 Å². The van der Waals surface area contributed by atoms with Crippen LogP contribution >= 0.6 is 12.2 Å². The summed E-state index contributed by atoms with van der Waals surface area (Å²) in [6.45, 7) is 0. The second-order valence-electron chi connectivity index (χ2n) is 4.41. The maximum absolute atomic E-state index is 13.4. The van der Waals surface area contributed by atoms with Crippen molar-refractivity contribution in [2.24, 2.45) is 0 Å². The number of hydrogen-bond donors (Lipinski definition) is 2. The van der Waals surface area contributed by atoms with E-state index in [0.717, 1.165) is 12.8 Å². The van der Waals surface area contributed by atoms with E-state index in [2.05, 4.69) is 10.6 Å². The van der Waals surface area contributed by atoms with Crippen LogP contribution in [0.15, 0.2) is 24.3 Å². The molecule has 1 saturated carbocycles. The lowest BCUT2D eigenvalue weighted by atomic mass is 9.96. The Morgan fingerprint density at radius 3 is 2.59 bits per heavy atom. The van der Waals surface area contributed by atoms with Crippen LogP contribution in [0, 0.1) is 5.82 Å². The van der Waals surface area contributed by atoms with Crippen LogP contribution in [0.3, 0.4) is 0 Å². The first kappa shape index (κ1) is 12.3. The van der Waals surface area contributed by atoms with Crippen molar-refractivity contribution in [1.29, 1.82) is 0 Å². The predicted molar refractivity (Wildman–Crippen MR) is 72.6 cm³/mol. The molecule has 0 atom stereocenters. The fourth-order valence-electron chi connectivity index (χ4n) is 2.15. The maximum atomic E-state index is 13.4. The van der Waals surface area contributed by atoms with E-state index in [-0.39, 0.29) is 5.82 Å². The van der Waals surface area contributed by atoms with Crippen molar-refractivity contribution < 1.29 is 4.39 Å². The Balaban J connectivity index is 1.86. The molecule has 4 heteroatoms. The Morgan fingerprint density at radius 2 is 1.88 bits per heavy atom. The minimum absolute atomic E-state index is 0.278. The number of anilines is 1. The molecule has 1 fully saturated rings. The third-order valence-electron chi connectivity index (χ3n) is 3.06. The van der Waals surface area contributed by atoms with E-state index < -0.39 is 0 Å². The van der Waals surface area contributed by atoms with E-state index in [0.29, 0.717) is 16.8 Å². The summed E-state index contributed by atoms with van der Waals surface area (Å²) in [5.74, 6) is -0.278. The van der Waals surface area contributed by atoms with E-state index in [1.54, 1.807) is 18.2 Å². The Morgan fingerprint density at radius 1 is 1.18 bits per heavy atom. The molecular formula is C13H17FN2S. The fourth-order valence-corrected chi connectivity index (χ4v) is 2.43. The average Bonchev–Trinajstić information content (AvgIpc) is 2.33. The molecule has 0 aliphatic heterocycles. The van der Waals surface area contributed by atoms with Gasteiger partial charge in [-0.05, 0) is 37.2 Å². The molecule has 17 heavy (non-hydrogen) atoms. The molecule has 2 nitrogen and oxygen atoms in total. The van der Waals surface area contributed by atoms with Crippen LogP contribution in [0.4, 0.5) is 10.1 Å². The largest absolute Gasteiger partial charge is 0.360 e. The van der Waals surface area contributed by atoms with Gasteiger partial charge in [0.05, 0.1) is 5.69 Å². The summed E-state index contributed by atoms with van der Waals surface area (Å²) in [5.41, 5.74) is 0.431. The quantitative estimate of drug-likeness (QED) is 0.788. The van der Waals surface area contributed by atoms with Crippen LogP contribution in [0.1, 0.15) is 32.1 Å². The molecule has 2 N–H and O–H groups in total. The van der Waals surface area contributed by atoms with Gasteiger partial charge >= 0.3 is 0 Å². The second-order valence-corrected chi connectivity index (χ2v) is 4.82. The van der Waals surface area contributed by atoms with Crippen molar-refractivity contribution in [1.82, 2.24) is 5.32 Å². The number of hydrogen-bond acceptors (Lipinski definition) is 1. The number of halogens is 1. The van der Waals surface area contributed by atoms with Gasteiger partial charge in [0, 0.05) is 6.04 Å². The van der Waals surface area contributed by atoms with Crippen LogP contribution < -0.4 is 10.6 Å². The second kappa shape index (κ2) is 5.96. The van der Waals surface area contributed by atoms with E-state index >= 15 is 0 Å². The summed E-state index contributed by atoms with van der Waals surface area (Å²) < 4.78 is 13.4. The number of thiocarbonyl (C=S) groups is 1. The van der Waals surface area contributed by atoms with Gasteiger partial charge < -0.3 is 10.6 Å². The first-order valence-corrected chi connectivity index (χ1v) is 6.48. The molecule has 0 aromatic heterocycles. The van der Waals surface area contributed by atoms with Gasteiger partial charge in [-0.25, -0.2) is 4.39 Å². The van der Waals surface area contributed by atoms with E-state index in [9.17, 15) is 4.39 Å².